The van der Waals surface area contributed by atoms with Gasteiger partial charge in [-0.2, -0.15) is 0 Å². The Kier molecular flexibility index (Phi) is 7.87. The molecule has 1 aliphatic carbocycles. The van der Waals surface area contributed by atoms with Gasteiger partial charge in [0.15, 0.2) is 23.8 Å². The fraction of sp³-hybridized carbons (Fsp3) is 0.250. The zero-order chi connectivity index (χ0) is 35.6. The zero-order valence-corrected chi connectivity index (χ0v) is 27.5. The van der Waals surface area contributed by atoms with E-state index in [0.29, 0.717) is 28.9 Å². The number of phenolic OH excluding ortho intramolecular Hbond substituents is 5. The van der Waals surface area contributed by atoms with Crippen LogP contribution in [0.15, 0.2) is 84.5 Å². The van der Waals surface area contributed by atoms with E-state index in [9.17, 15) is 40.2 Å². The van der Waals surface area contributed by atoms with Crippen LogP contribution in [0.25, 0.3) is 6.08 Å². The van der Waals surface area contributed by atoms with Crippen LogP contribution in [0.5, 0.6) is 40.2 Å². The van der Waals surface area contributed by atoms with Gasteiger partial charge in [-0.25, -0.2) is 0 Å². The molecule has 50 heavy (non-hydrogen) atoms. The second-order valence-electron chi connectivity index (χ2n) is 13.7. The van der Waals surface area contributed by atoms with E-state index in [4.69, 9.17) is 9.47 Å². The Morgan fingerprint density at radius 2 is 1.58 bits per heavy atom. The highest BCUT2D eigenvalue weighted by Crippen LogP contribution is 2.51. The van der Waals surface area contributed by atoms with E-state index in [0.717, 1.165) is 5.57 Å². The number of phenols is 5. The van der Waals surface area contributed by atoms with Crippen molar-refractivity contribution in [2.24, 2.45) is 5.92 Å². The Morgan fingerprint density at radius 1 is 0.840 bits per heavy atom. The number of allylic oxidation sites excluding steroid dienone is 2. The van der Waals surface area contributed by atoms with Crippen molar-refractivity contribution in [2.75, 3.05) is 0 Å². The van der Waals surface area contributed by atoms with Gasteiger partial charge in [-0.3, -0.25) is 9.59 Å². The molecule has 4 aromatic rings. The first-order chi connectivity index (χ1) is 23.7. The molecule has 0 aromatic heterocycles. The molecule has 10 heteroatoms. The van der Waals surface area contributed by atoms with Crippen molar-refractivity contribution < 1.29 is 49.7 Å². The van der Waals surface area contributed by atoms with Crippen LogP contribution in [0.1, 0.15) is 88.1 Å². The van der Waals surface area contributed by atoms with Crippen molar-refractivity contribution in [3.8, 4) is 40.2 Å². The maximum Gasteiger partial charge on any atom is 0.199 e. The molecule has 0 radical (unpaired) electrons. The van der Waals surface area contributed by atoms with Crippen molar-refractivity contribution in [1.82, 2.24) is 0 Å². The minimum atomic E-state index is -1.68. The molecular weight excluding hydrogens is 640 g/mol. The number of aliphatic hydroxyl groups excluding tert-OH is 1. The normalized spacial score (nSPS) is 23.6. The number of carbonyl (C=O) groups is 2. The van der Waals surface area contributed by atoms with E-state index in [1.807, 2.05) is 26.8 Å². The van der Waals surface area contributed by atoms with Crippen molar-refractivity contribution in [3.05, 3.63) is 118 Å². The Balaban J connectivity index is 1.36. The highest BCUT2D eigenvalue weighted by atomic mass is 16.5. The largest absolute Gasteiger partial charge is 0.508 e. The van der Waals surface area contributed by atoms with Crippen LogP contribution < -0.4 is 9.47 Å². The minimum Gasteiger partial charge on any atom is -0.508 e. The quantitative estimate of drug-likeness (QED) is 0.0975. The fourth-order valence-corrected chi connectivity index (χ4v) is 7.37. The molecule has 0 amide bonds. The van der Waals surface area contributed by atoms with E-state index >= 15 is 0 Å². The summed E-state index contributed by atoms with van der Waals surface area (Å²) in [6, 6.07) is 15.9. The molecule has 5 atom stereocenters. The maximum absolute atomic E-state index is 14.8. The number of aliphatic hydroxyl groups is 1. The van der Waals surface area contributed by atoms with Gasteiger partial charge in [0.05, 0.1) is 16.7 Å². The van der Waals surface area contributed by atoms with Crippen molar-refractivity contribution in [1.29, 1.82) is 0 Å². The van der Waals surface area contributed by atoms with Gasteiger partial charge < -0.3 is 40.1 Å². The Morgan fingerprint density at radius 3 is 2.34 bits per heavy atom. The predicted molar refractivity (Wildman–Crippen MR) is 183 cm³/mol. The van der Waals surface area contributed by atoms with E-state index in [1.165, 1.54) is 42.5 Å². The summed E-state index contributed by atoms with van der Waals surface area (Å²) in [5, 5.41) is 64.7. The summed E-state index contributed by atoms with van der Waals surface area (Å²) in [7, 11) is 0. The molecule has 0 saturated heterocycles. The van der Waals surface area contributed by atoms with Gasteiger partial charge in [-0.05, 0) is 92.9 Å². The Bertz CT molecular complexity index is 2130. The van der Waals surface area contributed by atoms with Gasteiger partial charge in [0.1, 0.15) is 45.8 Å². The number of aromatic hydroxyl groups is 5. The Labute approximate surface area is 287 Å². The molecule has 10 nitrogen and oxygen atoms in total. The minimum absolute atomic E-state index is 0.0451. The van der Waals surface area contributed by atoms with Crippen LogP contribution in [-0.2, 0) is 0 Å². The van der Waals surface area contributed by atoms with Gasteiger partial charge in [-0.15, -0.1) is 0 Å². The van der Waals surface area contributed by atoms with Gasteiger partial charge >= 0.3 is 0 Å². The summed E-state index contributed by atoms with van der Waals surface area (Å²) in [6.07, 6.45) is 2.79. The Hall–Kier alpha value is -5.74. The standard InChI is InChI=1S/C40H36O10/c1-19-14-27(20-4-10-30(43)29(16-20)39-38(48)37(47)24-8-6-22(42)18-33(24)49-39)34(28(15-19)23-7-5-21(41)17-31(23)44)36(46)26-9-11-32-25(35(26)45)12-13-40(2,3)50-32/h4-14,16-18,27-28,34,38-39,41-45,48H,15H2,1-3H3/t27-,28+,34-,38-,39-/m0/s1. The monoisotopic (exact) mass is 676 g/mol. The SMILES string of the molecule is CC1=C[C@@H](c2ccc(O)c([C@@H]3Oc4cc(O)ccc4C(=O)[C@@H]3O)c2)[C@H](C(=O)c2ccc3c(c2O)C=CC(C)(C)O3)[C@@H](c2ccc(O)cc2O)C1. The molecular formula is C40H36O10. The molecule has 7 rings (SSSR count). The van der Waals surface area contributed by atoms with Crippen LogP contribution >= 0.6 is 0 Å². The van der Waals surface area contributed by atoms with E-state index in [1.54, 1.807) is 36.4 Å². The third-order valence-electron chi connectivity index (χ3n) is 9.79. The molecule has 6 N–H and O–H groups in total. The lowest BCUT2D eigenvalue weighted by Crippen LogP contribution is -2.36. The summed E-state index contributed by atoms with van der Waals surface area (Å²) in [5.41, 5.74) is 1.84. The van der Waals surface area contributed by atoms with E-state index in [2.05, 4.69) is 0 Å². The number of hydrogen-bond acceptors (Lipinski definition) is 10. The van der Waals surface area contributed by atoms with Gasteiger partial charge in [0.2, 0.25) is 0 Å². The molecule has 0 bridgehead atoms. The first-order valence-electron chi connectivity index (χ1n) is 16.2. The average molecular weight is 677 g/mol. The second kappa shape index (κ2) is 12.0. The molecule has 2 heterocycles. The molecule has 256 valence electrons. The lowest BCUT2D eigenvalue weighted by molar-refractivity contribution is 0.0207. The molecule has 2 aliphatic heterocycles. The maximum atomic E-state index is 14.8. The smallest absolute Gasteiger partial charge is 0.199 e. The summed E-state index contributed by atoms with van der Waals surface area (Å²) >= 11 is 0. The van der Waals surface area contributed by atoms with Gasteiger partial charge in [-0.1, -0.05) is 23.8 Å². The van der Waals surface area contributed by atoms with E-state index in [-0.39, 0.29) is 51.2 Å². The van der Waals surface area contributed by atoms with Crippen molar-refractivity contribution in [3.63, 3.8) is 0 Å². The lowest BCUT2D eigenvalue weighted by atomic mass is 9.65. The summed E-state index contributed by atoms with van der Waals surface area (Å²) in [6.45, 7) is 5.65. The van der Waals surface area contributed by atoms with Crippen LogP contribution in [0.4, 0.5) is 0 Å². The number of Topliss-reactive ketones (excluding diaryl/α,β-unsaturated/α-hetero) is 2. The first-order valence-corrected chi connectivity index (χ1v) is 16.2. The van der Waals surface area contributed by atoms with Gasteiger partial charge in [0, 0.05) is 35.4 Å². The molecule has 3 aliphatic rings. The summed E-state index contributed by atoms with van der Waals surface area (Å²) in [4.78, 5) is 28.0. The molecule has 0 spiro atoms. The number of fused-ring (bicyclic) bond motifs is 2. The number of carbonyl (C=O) groups excluding carboxylic acids is 2. The molecule has 0 unspecified atom stereocenters. The molecule has 0 saturated carbocycles. The van der Waals surface area contributed by atoms with Crippen LogP contribution in [0, 0.1) is 5.92 Å². The lowest BCUT2D eigenvalue weighted by Gasteiger charge is -2.38. The zero-order valence-electron chi connectivity index (χ0n) is 27.5. The summed E-state index contributed by atoms with van der Waals surface area (Å²) in [5.74, 6) is -3.82. The number of ketones is 2. The third-order valence-corrected chi connectivity index (χ3v) is 9.79. The van der Waals surface area contributed by atoms with Crippen LogP contribution in [0.3, 0.4) is 0 Å². The van der Waals surface area contributed by atoms with Gasteiger partial charge in [0.25, 0.3) is 0 Å². The number of benzene rings is 4. The first kappa shape index (κ1) is 32.8. The number of hydrogen-bond donors (Lipinski definition) is 6. The highest BCUT2D eigenvalue weighted by Gasteiger charge is 2.43. The van der Waals surface area contributed by atoms with Crippen molar-refractivity contribution >= 4 is 17.6 Å². The molecule has 4 aromatic carbocycles. The predicted octanol–water partition coefficient (Wildman–Crippen LogP) is 6.79. The third kappa shape index (κ3) is 5.61. The summed E-state index contributed by atoms with van der Waals surface area (Å²) < 4.78 is 12.0. The topological polar surface area (TPSA) is 174 Å². The highest BCUT2D eigenvalue weighted by molar-refractivity contribution is 6.04. The van der Waals surface area contributed by atoms with Crippen LogP contribution in [-0.4, -0.2) is 53.9 Å². The van der Waals surface area contributed by atoms with Crippen LogP contribution in [0.2, 0.25) is 0 Å². The number of ether oxygens (including phenoxy) is 2. The van der Waals surface area contributed by atoms with Crippen molar-refractivity contribution in [2.45, 2.75) is 56.8 Å². The fourth-order valence-electron chi connectivity index (χ4n) is 7.37. The average Bonchev–Trinajstić information content (AvgIpc) is 3.05. The second-order valence-corrected chi connectivity index (χ2v) is 13.7. The molecule has 0 fully saturated rings. The van der Waals surface area contributed by atoms with E-state index < -0.39 is 47.1 Å². The number of rotatable bonds is 5.